The first-order valence-corrected chi connectivity index (χ1v) is 6.52. The van der Waals surface area contributed by atoms with Crippen LogP contribution in [0.5, 0.6) is 0 Å². The first kappa shape index (κ1) is 13.0. The summed E-state index contributed by atoms with van der Waals surface area (Å²) < 4.78 is 0. The van der Waals surface area contributed by atoms with Crippen molar-refractivity contribution in [3.05, 3.63) is 24.4 Å². The van der Waals surface area contributed by atoms with Crippen LogP contribution in [0.25, 0.3) is 0 Å². The average Bonchev–Trinajstić information content (AvgIpc) is 2.35. The van der Waals surface area contributed by atoms with Gasteiger partial charge in [-0.15, -0.1) is 11.8 Å². The van der Waals surface area contributed by atoms with Gasteiger partial charge in [-0.05, 0) is 31.5 Å². The summed E-state index contributed by atoms with van der Waals surface area (Å²) in [5, 5.41) is 13.1. The van der Waals surface area contributed by atoms with E-state index in [1.165, 1.54) is 0 Å². The molecule has 0 radical (unpaired) electrons. The van der Waals surface area contributed by atoms with Crippen LogP contribution in [-0.4, -0.2) is 23.3 Å². The number of pyridine rings is 1. The molecule has 0 aliphatic heterocycles. The molecule has 0 aromatic carbocycles. The molecule has 0 bridgehead atoms. The highest BCUT2D eigenvalue weighted by Crippen LogP contribution is 2.15. The summed E-state index contributed by atoms with van der Waals surface area (Å²) in [7, 11) is 0. The fraction of sp³-hybridized carbons (Fsp3) is 0.500. The zero-order valence-corrected chi connectivity index (χ0v) is 10.3. The van der Waals surface area contributed by atoms with Crippen molar-refractivity contribution in [1.82, 2.24) is 10.3 Å². The van der Waals surface area contributed by atoms with Crippen LogP contribution in [0.1, 0.15) is 19.8 Å². The Hall–Kier alpha value is -1.05. The summed E-state index contributed by atoms with van der Waals surface area (Å²) in [5.41, 5.74) is 0. The first-order chi connectivity index (χ1) is 7.86. The van der Waals surface area contributed by atoms with Crippen molar-refractivity contribution in [3.8, 4) is 6.07 Å². The zero-order chi connectivity index (χ0) is 11.6. The van der Waals surface area contributed by atoms with Crippen LogP contribution in [0, 0.1) is 11.3 Å². The number of rotatable bonds is 7. The van der Waals surface area contributed by atoms with E-state index < -0.39 is 0 Å². The van der Waals surface area contributed by atoms with Crippen molar-refractivity contribution >= 4 is 11.8 Å². The van der Waals surface area contributed by atoms with Crippen LogP contribution >= 0.6 is 11.8 Å². The number of nitriles is 1. The summed E-state index contributed by atoms with van der Waals surface area (Å²) in [6.45, 7) is 3.01. The lowest BCUT2D eigenvalue weighted by molar-refractivity contribution is 0.585. The third-order valence-corrected chi connectivity index (χ3v) is 3.07. The van der Waals surface area contributed by atoms with Crippen molar-refractivity contribution in [1.29, 1.82) is 5.26 Å². The molecule has 0 amide bonds. The van der Waals surface area contributed by atoms with E-state index in [1.807, 2.05) is 18.2 Å². The minimum atomic E-state index is -0.0313. The van der Waals surface area contributed by atoms with Gasteiger partial charge < -0.3 is 5.32 Å². The number of hydrogen-bond acceptors (Lipinski definition) is 4. The maximum absolute atomic E-state index is 8.91. The molecule has 1 heterocycles. The highest BCUT2D eigenvalue weighted by molar-refractivity contribution is 7.99. The van der Waals surface area contributed by atoms with E-state index >= 15 is 0 Å². The Morgan fingerprint density at radius 3 is 3.06 bits per heavy atom. The van der Waals surface area contributed by atoms with Gasteiger partial charge in [-0.3, -0.25) is 0 Å². The number of aromatic nitrogens is 1. The number of thioether (sulfide) groups is 1. The second-order valence-corrected chi connectivity index (χ2v) is 4.56. The Bertz CT molecular complexity index is 321. The van der Waals surface area contributed by atoms with Gasteiger partial charge in [0, 0.05) is 11.9 Å². The summed E-state index contributed by atoms with van der Waals surface area (Å²) >= 11 is 1.70. The summed E-state index contributed by atoms with van der Waals surface area (Å²) in [6.07, 6.45) is 3.71. The van der Waals surface area contributed by atoms with Gasteiger partial charge in [-0.1, -0.05) is 13.0 Å². The normalized spacial score (nSPS) is 12.0. The van der Waals surface area contributed by atoms with Gasteiger partial charge in [0.1, 0.15) is 0 Å². The van der Waals surface area contributed by atoms with E-state index in [0.717, 1.165) is 30.2 Å². The monoisotopic (exact) mass is 235 g/mol. The number of nitrogens with zero attached hydrogens (tertiary/aromatic N) is 2. The van der Waals surface area contributed by atoms with E-state index in [0.29, 0.717) is 0 Å². The van der Waals surface area contributed by atoms with Gasteiger partial charge in [-0.2, -0.15) is 5.26 Å². The quantitative estimate of drug-likeness (QED) is 0.738. The molecule has 0 aliphatic rings. The van der Waals surface area contributed by atoms with Gasteiger partial charge in [0.15, 0.2) is 0 Å². The Balaban J connectivity index is 2.21. The molecule has 16 heavy (non-hydrogen) atoms. The third kappa shape index (κ3) is 5.15. The highest BCUT2D eigenvalue weighted by Gasteiger charge is 2.05. The van der Waals surface area contributed by atoms with Crippen LogP contribution in [0.2, 0.25) is 0 Å². The lowest BCUT2D eigenvalue weighted by atomic mass is 10.2. The third-order valence-electron chi connectivity index (χ3n) is 2.09. The van der Waals surface area contributed by atoms with E-state index in [4.69, 9.17) is 5.26 Å². The van der Waals surface area contributed by atoms with Crippen molar-refractivity contribution in [3.63, 3.8) is 0 Å². The Morgan fingerprint density at radius 1 is 1.56 bits per heavy atom. The van der Waals surface area contributed by atoms with E-state index in [-0.39, 0.29) is 6.04 Å². The molecule has 1 aromatic heterocycles. The van der Waals surface area contributed by atoms with Crippen LogP contribution in [0.15, 0.2) is 29.4 Å². The average molecular weight is 235 g/mol. The topological polar surface area (TPSA) is 48.7 Å². The molecule has 4 heteroatoms. The standard InChI is InChI=1S/C12H17N3S/c1-2-7-14-11(10-13)6-9-16-12-5-3-4-8-15-12/h3-5,8,11,14H,2,6-7,9H2,1H3. The molecule has 0 saturated heterocycles. The Kier molecular flexibility index (Phi) is 6.62. The van der Waals surface area contributed by atoms with Crippen molar-refractivity contribution in [2.24, 2.45) is 0 Å². The molecular formula is C12H17N3S. The molecule has 1 unspecified atom stereocenters. The first-order valence-electron chi connectivity index (χ1n) is 5.53. The smallest absolute Gasteiger partial charge is 0.0961 e. The van der Waals surface area contributed by atoms with Crippen molar-refractivity contribution < 1.29 is 0 Å². The maximum atomic E-state index is 8.91. The van der Waals surface area contributed by atoms with Crippen LogP contribution in [0.4, 0.5) is 0 Å². The minimum absolute atomic E-state index is 0.0313. The molecule has 1 rings (SSSR count). The number of hydrogen-bond donors (Lipinski definition) is 1. The largest absolute Gasteiger partial charge is 0.302 e. The van der Waals surface area contributed by atoms with Crippen molar-refractivity contribution in [2.75, 3.05) is 12.3 Å². The lowest BCUT2D eigenvalue weighted by Gasteiger charge is -2.09. The van der Waals surface area contributed by atoms with Crippen molar-refractivity contribution in [2.45, 2.75) is 30.8 Å². The number of nitrogens with one attached hydrogen (secondary N) is 1. The summed E-state index contributed by atoms with van der Waals surface area (Å²) in [4.78, 5) is 4.22. The molecule has 86 valence electrons. The minimum Gasteiger partial charge on any atom is -0.302 e. The molecule has 0 aliphatic carbocycles. The predicted octanol–water partition coefficient (Wildman–Crippen LogP) is 2.46. The molecule has 1 atom stereocenters. The molecule has 1 aromatic rings. The van der Waals surface area contributed by atoms with Gasteiger partial charge >= 0.3 is 0 Å². The zero-order valence-electron chi connectivity index (χ0n) is 9.52. The van der Waals surface area contributed by atoms with Crippen LogP contribution in [-0.2, 0) is 0 Å². The summed E-state index contributed by atoms with van der Waals surface area (Å²) in [5.74, 6) is 0.923. The molecule has 3 nitrogen and oxygen atoms in total. The fourth-order valence-electron chi connectivity index (χ4n) is 1.24. The molecule has 1 N–H and O–H groups in total. The summed E-state index contributed by atoms with van der Waals surface area (Å²) in [6, 6.07) is 8.12. The van der Waals surface area contributed by atoms with Gasteiger partial charge in [-0.25, -0.2) is 4.98 Å². The molecule has 0 fully saturated rings. The maximum Gasteiger partial charge on any atom is 0.0961 e. The molecule has 0 saturated carbocycles. The predicted molar refractivity (Wildman–Crippen MR) is 67.3 cm³/mol. The van der Waals surface area contributed by atoms with Crippen LogP contribution < -0.4 is 5.32 Å². The van der Waals surface area contributed by atoms with Gasteiger partial charge in [0.2, 0.25) is 0 Å². The van der Waals surface area contributed by atoms with E-state index in [1.54, 1.807) is 18.0 Å². The van der Waals surface area contributed by atoms with Gasteiger partial charge in [0.25, 0.3) is 0 Å². The molecule has 0 spiro atoms. The Labute approximate surface area is 101 Å². The fourth-order valence-corrected chi connectivity index (χ4v) is 2.12. The SMILES string of the molecule is CCCNC(C#N)CCSc1ccccn1. The Morgan fingerprint density at radius 2 is 2.44 bits per heavy atom. The van der Waals surface area contributed by atoms with E-state index in [2.05, 4.69) is 23.3 Å². The molecular weight excluding hydrogens is 218 g/mol. The van der Waals surface area contributed by atoms with Gasteiger partial charge in [0.05, 0.1) is 17.1 Å². The second kappa shape index (κ2) is 8.14. The lowest BCUT2D eigenvalue weighted by Crippen LogP contribution is -2.28. The van der Waals surface area contributed by atoms with E-state index in [9.17, 15) is 0 Å². The second-order valence-electron chi connectivity index (χ2n) is 3.44. The highest BCUT2D eigenvalue weighted by atomic mass is 32.2. The van der Waals surface area contributed by atoms with Crippen LogP contribution in [0.3, 0.4) is 0 Å².